The Morgan fingerprint density at radius 3 is 2.03 bits per heavy atom. The molecule has 0 unspecified atom stereocenters. The van der Waals surface area contributed by atoms with E-state index in [0.717, 1.165) is 5.56 Å². The second-order valence-electron chi connectivity index (χ2n) is 7.56. The van der Waals surface area contributed by atoms with Crippen molar-refractivity contribution < 1.29 is 45.2 Å². The summed E-state index contributed by atoms with van der Waals surface area (Å²) in [6.07, 6.45) is 0.775. The molecule has 1 heterocycles. The lowest BCUT2D eigenvalue weighted by Crippen LogP contribution is -2.44. The van der Waals surface area contributed by atoms with Crippen molar-refractivity contribution in [3.8, 4) is 0 Å². The minimum absolute atomic E-state index is 0.221. The van der Waals surface area contributed by atoms with Crippen LogP contribution in [0.15, 0.2) is 42.2 Å². The highest BCUT2D eigenvalue weighted by atomic mass is 32.2. The van der Waals surface area contributed by atoms with Gasteiger partial charge in [-0.3, -0.25) is 14.4 Å². The summed E-state index contributed by atoms with van der Waals surface area (Å²) in [5.74, 6) is 0. The first-order chi connectivity index (χ1) is 14.5. The van der Waals surface area contributed by atoms with E-state index in [1.807, 2.05) is 51.1 Å². The zero-order chi connectivity index (χ0) is 24.7. The van der Waals surface area contributed by atoms with Gasteiger partial charge in [0.25, 0.3) is 0 Å². The standard InChI is InChI=1S/C18H24N2O4.CHF3O3S/c1-14-12-19(16(21)24-18(2,3)4)10-11-20(14)17(22)23-13-15-8-6-5-7-9-15;2-1(3,4)8(5,6)7/h5-9,12H,10-11,13H2,1-4H3;(H,5,6,7). The predicted octanol–water partition coefficient (Wildman–Crippen LogP) is 4.13. The lowest BCUT2D eigenvalue weighted by atomic mass is 10.2. The molecule has 0 saturated heterocycles. The van der Waals surface area contributed by atoms with E-state index >= 15 is 0 Å². The summed E-state index contributed by atoms with van der Waals surface area (Å²) in [5.41, 5.74) is -4.51. The molecule has 0 aliphatic carbocycles. The number of nitrogens with zero attached hydrogens (tertiary/aromatic N) is 2. The van der Waals surface area contributed by atoms with Gasteiger partial charge in [0.15, 0.2) is 0 Å². The van der Waals surface area contributed by atoms with Crippen molar-refractivity contribution in [3.05, 3.63) is 47.8 Å². The van der Waals surface area contributed by atoms with Crippen LogP contribution >= 0.6 is 0 Å². The lowest BCUT2D eigenvalue weighted by molar-refractivity contribution is -0.0510. The third kappa shape index (κ3) is 9.14. The van der Waals surface area contributed by atoms with Crippen LogP contribution in [0.5, 0.6) is 0 Å². The molecule has 13 heteroatoms. The monoisotopic (exact) mass is 482 g/mol. The normalized spacial score (nSPS) is 14.7. The van der Waals surface area contributed by atoms with Crippen molar-refractivity contribution in [2.75, 3.05) is 13.1 Å². The van der Waals surface area contributed by atoms with Crippen LogP contribution in [0.3, 0.4) is 0 Å². The summed E-state index contributed by atoms with van der Waals surface area (Å²) in [5, 5.41) is 0. The molecule has 0 bridgehead atoms. The number of halogens is 3. The Bertz CT molecular complexity index is 926. The van der Waals surface area contributed by atoms with Gasteiger partial charge >= 0.3 is 27.8 Å². The van der Waals surface area contributed by atoms with Crippen LogP contribution in [0.2, 0.25) is 0 Å². The van der Waals surface area contributed by atoms with Crippen molar-refractivity contribution in [1.82, 2.24) is 9.80 Å². The fraction of sp³-hybridized carbons (Fsp3) is 0.474. The summed E-state index contributed by atoms with van der Waals surface area (Å²) in [7, 11) is -5.84. The number of allylic oxidation sites excluding steroid dienone is 1. The fourth-order valence-corrected chi connectivity index (χ4v) is 2.24. The van der Waals surface area contributed by atoms with Crippen LogP contribution in [-0.2, 0) is 26.2 Å². The van der Waals surface area contributed by atoms with Gasteiger partial charge in [-0.05, 0) is 33.3 Å². The van der Waals surface area contributed by atoms with Gasteiger partial charge in [-0.1, -0.05) is 30.3 Å². The fourth-order valence-electron chi connectivity index (χ4n) is 2.24. The quantitative estimate of drug-likeness (QED) is 0.498. The van der Waals surface area contributed by atoms with Crippen LogP contribution in [0.4, 0.5) is 22.8 Å². The summed E-state index contributed by atoms with van der Waals surface area (Å²) < 4.78 is 68.2. The molecule has 9 nitrogen and oxygen atoms in total. The lowest BCUT2D eigenvalue weighted by Gasteiger charge is -2.33. The van der Waals surface area contributed by atoms with E-state index in [0.29, 0.717) is 18.8 Å². The topological polar surface area (TPSA) is 113 Å². The molecular weight excluding hydrogens is 457 g/mol. The van der Waals surface area contributed by atoms with Crippen molar-refractivity contribution in [2.24, 2.45) is 0 Å². The highest BCUT2D eigenvalue weighted by molar-refractivity contribution is 7.86. The van der Waals surface area contributed by atoms with Crippen molar-refractivity contribution >= 4 is 22.3 Å². The van der Waals surface area contributed by atoms with Crippen molar-refractivity contribution in [3.63, 3.8) is 0 Å². The smallest absolute Gasteiger partial charge is 0.444 e. The summed E-state index contributed by atoms with van der Waals surface area (Å²) in [4.78, 5) is 27.3. The van der Waals surface area contributed by atoms with Gasteiger partial charge in [-0.25, -0.2) is 9.59 Å². The van der Waals surface area contributed by atoms with Crippen LogP contribution in [-0.4, -0.2) is 59.2 Å². The molecule has 180 valence electrons. The van der Waals surface area contributed by atoms with E-state index in [9.17, 15) is 22.8 Å². The van der Waals surface area contributed by atoms with Gasteiger partial charge in [-0.2, -0.15) is 21.6 Å². The molecule has 0 radical (unpaired) electrons. The highest BCUT2D eigenvalue weighted by Gasteiger charge is 2.44. The van der Waals surface area contributed by atoms with Gasteiger partial charge in [0.05, 0.1) is 0 Å². The molecule has 0 spiro atoms. The first-order valence-electron chi connectivity index (χ1n) is 9.21. The van der Waals surface area contributed by atoms with Crippen LogP contribution < -0.4 is 0 Å². The van der Waals surface area contributed by atoms with Gasteiger partial charge in [0.2, 0.25) is 0 Å². The first-order valence-corrected chi connectivity index (χ1v) is 10.7. The molecule has 2 amide bonds. The number of hydrogen-bond acceptors (Lipinski definition) is 6. The summed E-state index contributed by atoms with van der Waals surface area (Å²) in [6.45, 7) is 8.18. The first kappa shape index (κ1) is 27.2. The molecule has 1 N–H and O–H groups in total. The zero-order valence-corrected chi connectivity index (χ0v) is 18.7. The van der Waals surface area contributed by atoms with Gasteiger partial charge < -0.3 is 9.47 Å². The molecule has 2 rings (SSSR count). The van der Waals surface area contributed by atoms with Gasteiger partial charge in [-0.15, -0.1) is 0 Å². The molecule has 32 heavy (non-hydrogen) atoms. The second-order valence-corrected chi connectivity index (χ2v) is 8.97. The maximum absolute atomic E-state index is 12.2. The van der Waals surface area contributed by atoms with E-state index in [2.05, 4.69) is 0 Å². The maximum atomic E-state index is 12.2. The Labute approximate surface area is 184 Å². The highest BCUT2D eigenvalue weighted by Crippen LogP contribution is 2.20. The number of carbonyl (C=O) groups is 2. The Kier molecular flexibility index (Phi) is 9.09. The Hall–Kier alpha value is -2.80. The molecule has 1 aliphatic rings. The van der Waals surface area contributed by atoms with E-state index < -0.39 is 33.4 Å². The molecule has 0 atom stereocenters. The Morgan fingerprint density at radius 2 is 1.59 bits per heavy atom. The zero-order valence-electron chi connectivity index (χ0n) is 17.9. The minimum Gasteiger partial charge on any atom is -0.444 e. The molecule has 0 aromatic heterocycles. The second kappa shape index (κ2) is 10.7. The number of rotatable bonds is 2. The SMILES string of the molecule is CC1=CN(C(=O)OC(C)(C)C)CCN1C(=O)OCc1ccccc1.O=S(=O)(O)C(F)(F)F. The van der Waals surface area contributed by atoms with Crippen LogP contribution in [0.25, 0.3) is 0 Å². The largest absolute Gasteiger partial charge is 0.522 e. The minimum atomic E-state index is -5.84. The van der Waals surface area contributed by atoms with Crippen molar-refractivity contribution in [2.45, 2.75) is 45.4 Å². The van der Waals surface area contributed by atoms with Gasteiger partial charge in [0.1, 0.15) is 12.2 Å². The number of hydrogen-bond donors (Lipinski definition) is 1. The third-order valence-electron chi connectivity index (χ3n) is 3.68. The summed E-state index contributed by atoms with van der Waals surface area (Å²) >= 11 is 0. The number of amides is 2. The number of carbonyl (C=O) groups excluding carboxylic acids is 2. The maximum Gasteiger partial charge on any atom is 0.522 e. The van der Waals surface area contributed by atoms with Gasteiger partial charge in [0, 0.05) is 25.0 Å². The van der Waals surface area contributed by atoms with Crippen LogP contribution in [0, 0.1) is 0 Å². The third-order valence-corrected chi connectivity index (χ3v) is 4.26. The van der Waals surface area contributed by atoms with E-state index in [1.165, 1.54) is 9.80 Å². The van der Waals surface area contributed by atoms with E-state index in [-0.39, 0.29) is 6.61 Å². The Balaban J connectivity index is 0.000000547. The molecule has 0 fully saturated rings. The van der Waals surface area contributed by atoms with E-state index in [4.69, 9.17) is 22.4 Å². The molecule has 0 saturated carbocycles. The van der Waals surface area contributed by atoms with Crippen molar-refractivity contribution in [1.29, 1.82) is 0 Å². The number of ether oxygens (including phenoxy) is 2. The molecule has 1 aromatic carbocycles. The predicted molar refractivity (Wildman–Crippen MR) is 108 cm³/mol. The molecule has 1 aliphatic heterocycles. The van der Waals surface area contributed by atoms with E-state index in [1.54, 1.807) is 13.1 Å². The number of benzene rings is 1. The molecule has 1 aromatic rings. The Morgan fingerprint density at radius 1 is 1.06 bits per heavy atom. The average molecular weight is 482 g/mol. The average Bonchev–Trinajstić information content (AvgIpc) is 2.64. The number of alkyl halides is 3. The molecular formula is C19H25F3N2O7S. The van der Waals surface area contributed by atoms with Crippen LogP contribution in [0.1, 0.15) is 33.3 Å². The summed E-state index contributed by atoms with van der Waals surface area (Å²) in [6, 6.07) is 9.50.